The van der Waals surface area contributed by atoms with Crippen LogP contribution in [-0.2, 0) is 37.3 Å². The fourth-order valence-corrected chi connectivity index (χ4v) is 3.94. The average Bonchev–Trinajstić information content (AvgIpc) is 3.06. The summed E-state index contributed by atoms with van der Waals surface area (Å²) in [5, 5.41) is 12.9. The molecule has 0 bridgehead atoms. The molecule has 0 radical (unpaired) electrons. The molecule has 35 heavy (non-hydrogen) atoms. The number of imidazole rings is 1. The monoisotopic (exact) mass is 492 g/mol. The van der Waals surface area contributed by atoms with Crippen molar-refractivity contribution in [3.8, 4) is 0 Å². The number of rotatable bonds is 14. The molecule has 1 saturated heterocycles. The van der Waals surface area contributed by atoms with Gasteiger partial charge in [0.2, 0.25) is 11.8 Å². The van der Waals surface area contributed by atoms with Gasteiger partial charge in [0, 0.05) is 26.6 Å². The zero-order valence-electron chi connectivity index (χ0n) is 19.8. The van der Waals surface area contributed by atoms with Crippen LogP contribution in [0.1, 0.15) is 30.9 Å². The van der Waals surface area contributed by atoms with Crippen LogP contribution in [0.25, 0.3) is 11.0 Å². The van der Waals surface area contributed by atoms with Crippen molar-refractivity contribution in [3.63, 3.8) is 0 Å². The normalized spacial score (nSPS) is 16.0. The molecule has 1 aromatic carbocycles. The number of carboxylic acid groups (broad SMARTS) is 1. The van der Waals surface area contributed by atoms with Crippen LogP contribution in [-0.4, -0.2) is 78.3 Å². The molecule has 1 aromatic heterocycles. The Labute approximate surface area is 202 Å². The number of nitrogens with zero attached hydrogens (tertiary/aromatic N) is 2. The zero-order valence-corrected chi connectivity index (χ0v) is 19.8. The molecule has 3 amide bonds. The molecular formula is C23H32N4O8. The quantitative estimate of drug-likeness (QED) is 0.256. The fourth-order valence-electron chi connectivity index (χ4n) is 3.94. The molecule has 1 fully saturated rings. The van der Waals surface area contributed by atoms with Crippen LogP contribution in [0.15, 0.2) is 23.0 Å². The van der Waals surface area contributed by atoms with Crippen molar-refractivity contribution < 1.29 is 33.7 Å². The van der Waals surface area contributed by atoms with Crippen LogP contribution < -0.4 is 16.3 Å². The molecule has 0 aliphatic carbocycles. The lowest BCUT2D eigenvalue weighted by molar-refractivity contribution is -0.135. The Balaban J connectivity index is 1.37. The molecular weight excluding hydrogens is 460 g/mol. The van der Waals surface area contributed by atoms with E-state index in [1.807, 2.05) is 18.2 Å². The highest BCUT2D eigenvalue weighted by atomic mass is 16.5. The van der Waals surface area contributed by atoms with E-state index < -0.39 is 18.0 Å². The molecule has 12 nitrogen and oxygen atoms in total. The van der Waals surface area contributed by atoms with Gasteiger partial charge in [-0.25, -0.2) is 9.59 Å². The number of hydrogen-bond acceptors (Lipinski definition) is 7. The number of hydrogen-bond donors (Lipinski definition) is 3. The second kappa shape index (κ2) is 13.0. The lowest BCUT2D eigenvalue weighted by atomic mass is 10.1. The molecule has 1 aliphatic rings. The highest BCUT2D eigenvalue weighted by Gasteiger charge is 2.31. The molecule has 192 valence electrons. The van der Waals surface area contributed by atoms with Gasteiger partial charge in [-0.15, -0.1) is 0 Å². The summed E-state index contributed by atoms with van der Waals surface area (Å²) >= 11 is 0. The van der Waals surface area contributed by atoms with Gasteiger partial charge < -0.3 is 24.6 Å². The third-order valence-corrected chi connectivity index (χ3v) is 5.70. The Morgan fingerprint density at radius 3 is 2.43 bits per heavy atom. The van der Waals surface area contributed by atoms with Crippen LogP contribution in [0, 0.1) is 0 Å². The average molecular weight is 493 g/mol. The second-order valence-corrected chi connectivity index (χ2v) is 8.17. The Morgan fingerprint density at radius 2 is 1.74 bits per heavy atom. The van der Waals surface area contributed by atoms with Crippen LogP contribution in [0.5, 0.6) is 0 Å². The second-order valence-electron chi connectivity index (χ2n) is 8.17. The predicted molar refractivity (Wildman–Crippen MR) is 125 cm³/mol. The lowest BCUT2D eigenvalue weighted by Crippen LogP contribution is -2.44. The maximum absolute atomic E-state index is 12.8. The number of nitrogens with one attached hydrogen (secondary N) is 2. The van der Waals surface area contributed by atoms with E-state index in [4.69, 9.17) is 19.3 Å². The molecule has 3 rings (SSSR count). The molecule has 0 saturated carbocycles. The maximum atomic E-state index is 12.8. The summed E-state index contributed by atoms with van der Waals surface area (Å²) in [6, 6.07) is 5.06. The molecule has 1 aliphatic heterocycles. The third-order valence-electron chi connectivity index (χ3n) is 5.70. The SMILES string of the molecule is Cn1c(=O)n(C2CCC(=O)NC2=O)c2ccc(CCCOCCOCCOCCNC(=O)O)cc21. The first-order valence-electron chi connectivity index (χ1n) is 11.6. The van der Waals surface area contributed by atoms with Gasteiger partial charge in [0.15, 0.2) is 0 Å². The number of benzene rings is 1. The van der Waals surface area contributed by atoms with Crippen molar-refractivity contribution in [2.24, 2.45) is 7.05 Å². The number of fused-ring (bicyclic) bond motifs is 1. The molecule has 3 N–H and O–H groups in total. The van der Waals surface area contributed by atoms with E-state index in [0.29, 0.717) is 51.6 Å². The van der Waals surface area contributed by atoms with Crippen molar-refractivity contribution in [1.29, 1.82) is 0 Å². The number of ether oxygens (including phenoxy) is 3. The first-order chi connectivity index (χ1) is 16.9. The first kappa shape index (κ1) is 26.4. The van der Waals surface area contributed by atoms with Crippen LogP contribution in [0.3, 0.4) is 0 Å². The number of aryl methyl sites for hydroxylation is 2. The molecule has 0 spiro atoms. The zero-order chi connectivity index (χ0) is 25.2. The number of aromatic nitrogens is 2. The Morgan fingerprint density at radius 1 is 1.06 bits per heavy atom. The summed E-state index contributed by atoms with van der Waals surface area (Å²) in [6.07, 6.45) is 1.02. The Kier molecular flexibility index (Phi) is 9.82. The van der Waals surface area contributed by atoms with Crippen LogP contribution in [0.4, 0.5) is 4.79 Å². The summed E-state index contributed by atoms with van der Waals surface area (Å²) in [6.45, 7) is 2.81. The van der Waals surface area contributed by atoms with E-state index >= 15 is 0 Å². The van der Waals surface area contributed by atoms with Gasteiger partial charge in [-0.1, -0.05) is 6.07 Å². The van der Waals surface area contributed by atoms with Gasteiger partial charge in [-0.3, -0.25) is 24.0 Å². The molecule has 12 heteroatoms. The van der Waals surface area contributed by atoms with Gasteiger partial charge in [0.05, 0.1) is 44.1 Å². The van der Waals surface area contributed by atoms with Crippen molar-refractivity contribution in [2.75, 3.05) is 46.2 Å². The minimum Gasteiger partial charge on any atom is -0.465 e. The topological polar surface area (TPSA) is 150 Å². The summed E-state index contributed by atoms with van der Waals surface area (Å²) in [5.41, 5.74) is 2.19. The number of imide groups is 1. The van der Waals surface area contributed by atoms with E-state index in [2.05, 4.69) is 10.6 Å². The number of amides is 3. The number of piperidine rings is 1. The van der Waals surface area contributed by atoms with Gasteiger partial charge in [0.25, 0.3) is 0 Å². The Hall–Kier alpha value is -3.22. The molecule has 2 aromatic rings. The lowest BCUT2D eigenvalue weighted by Gasteiger charge is -2.21. The van der Waals surface area contributed by atoms with Gasteiger partial charge in [-0.2, -0.15) is 0 Å². The van der Waals surface area contributed by atoms with Gasteiger partial charge in [-0.05, 0) is 37.0 Å². The van der Waals surface area contributed by atoms with Crippen molar-refractivity contribution in [3.05, 3.63) is 34.2 Å². The fraction of sp³-hybridized carbons (Fsp3) is 0.565. The molecule has 1 atom stereocenters. The predicted octanol–water partition coefficient (Wildman–Crippen LogP) is 0.568. The van der Waals surface area contributed by atoms with E-state index in [-0.39, 0.29) is 24.6 Å². The van der Waals surface area contributed by atoms with Crippen LogP contribution >= 0.6 is 0 Å². The summed E-state index contributed by atoms with van der Waals surface area (Å²) < 4.78 is 19.2. The minimum atomic E-state index is -1.07. The standard InChI is InChI=1S/C23H32N4O8/c1-26-19-15-16(3-2-9-33-11-13-35-14-12-34-10-8-24-22(30)31)4-5-17(19)27(23(26)32)18-6-7-20(28)25-21(18)29/h4-5,15,18,24H,2-3,6-14H2,1H3,(H,30,31)(H,25,28,29). The van der Waals surface area contributed by atoms with E-state index in [1.54, 1.807) is 7.05 Å². The van der Waals surface area contributed by atoms with E-state index in [0.717, 1.165) is 23.9 Å². The molecule has 2 heterocycles. The maximum Gasteiger partial charge on any atom is 0.404 e. The number of carbonyl (C=O) groups excluding carboxylic acids is 2. The van der Waals surface area contributed by atoms with Crippen molar-refractivity contribution in [2.45, 2.75) is 31.7 Å². The molecule has 1 unspecified atom stereocenters. The van der Waals surface area contributed by atoms with Crippen LogP contribution in [0.2, 0.25) is 0 Å². The van der Waals surface area contributed by atoms with E-state index in [1.165, 1.54) is 9.13 Å². The minimum absolute atomic E-state index is 0.211. The highest BCUT2D eigenvalue weighted by molar-refractivity contribution is 6.00. The van der Waals surface area contributed by atoms with E-state index in [9.17, 15) is 19.2 Å². The van der Waals surface area contributed by atoms with Gasteiger partial charge >= 0.3 is 11.8 Å². The van der Waals surface area contributed by atoms with Gasteiger partial charge in [0.1, 0.15) is 6.04 Å². The Bertz CT molecular complexity index is 1090. The number of carbonyl (C=O) groups is 3. The first-order valence-corrected chi connectivity index (χ1v) is 11.6. The highest BCUT2D eigenvalue weighted by Crippen LogP contribution is 2.24. The van der Waals surface area contributed by atoms with Crippen molar-refractivity contribution in [1.82, 2.24) is 19.8 Å². The summed E-state index contributed by atoms with van der Waals surface area (Å²) in [4.78, 5) is 46.8. The summed E-state index contributed by atoms with van der Waals surface area (Å²) in [5.74, 6) is -0.756. The third kappa shape index (κ3) is 7.38. The smallest absolute Gasteiger partial charge is 0.404 e. The summed E-state index contributed by atoms with van der Waals surface area (Å²) in [7, 11) is 1.68. The largest absolute Gasteiger partial charge is 0.465 e. The van der Waals surface area contributed by atoms with Crippen molar-refractivity contribution >= 4 is 28.9 Å².